The van der Waals surface area contributed by atoms with Gasteiger partial charge in [0.15, 0.2) is 17.6 Å². The Morgan fingerprint density at radius 2 is 1.57 bits per heavy atom. The highest BCUT2D eigenvalue weighted by Crippen LogP contribution is 2.41. The predicted molar refractivity (Wildman–Crippen MR) is 242 cm³/mol. The number of carboxylic acid groups (broad SMARTS) is 1. The van der Waals surface area contributed by atoms with E-state index in [1.54, 1.807) is 67.7 Å². The molecule has 5 aromatic carbocycles. The van der Waals surface area contributed by atoms with Crippen LogP contribution in [-0.4, -0.2) is 51.6 Å². The minimum Gasteiger partial charge on any atom is -0.489 e. The van der Waals surface area contributed by atoms with E-state index in [1.165, 1.54) is 17.0 Å². The van der Waals surface area contributed by atoms with E-state index in [2.05, 4.69) is 15.6 Å². The average Bonchev–Trinajstić information content (AvgIpc) is 3.30. The Labute approximate surface area is 385 Å². The lowest BCUT2D eigenvalue weighted by Gasteiger charge is -2.38. The van der Waals surface area contributed by atoms with Crippen molar-refractivity contribution in [1.29, 1.82) is 0 Å². The molecule has 0 unspecified atom stereocenters. The summed E-state index contributed by atoms with van der Waals surface area (Å²) in [5.74, 6) is 0.520. The van der Waals surface area contributed by atoms with E-state index in [9.17, 15) is 23.9 Å². The molecule has 0 saturated heterocycles. The standard InChI is InChI=1S/C50H45Cl2FN4O8/c1-28-29(2)54-19-18-44(28)64-39-13-4-31(5-14-39)21-42(49(59)60)56-48(58)43-22-35-23-45-46(24-36(35)25-57(43)50(61)55-30(3)33-7-11-37(53)12-8-33)65-47(27-63-45)34-9-15-38(16-10-34)62-26-32-6-17-40(51)41(52)20-32/h4-20,23-24,30,42-43,47H,21-22,25-27H2,1-3H3,(H,55,61)(H,56,58)(H,59,60)/t30-,42+,43+,47-/m1/s1. The number of ether oxygens (including phenoxy) is 4. The molecule has 2 aliphatic rings. The highest BCUT2D eigenvalue weighted by atomic mass is 35.5. The third kappa shape index (κ3) is 10.6. The Hall–Kier alpha value is -6.83. The molecule has 65 heavy (non-hydrogen) atoms. The number of hydrogen-bond acceptors (Lipinski definition) is 8. The van der Waals surface area contributed by atoms with Crippen LogP contribution in [0.5, 0.6) is 28.7 Å². The van der Waals surface area contributed by atoms with Crippen LogP contribution >= 0.6 is 23.2 Å². The molecular weight excluding hydrogens is 874 g/mol. The van der Waals surface area contributed by atoms with Gasteiger partial charge in [-0.1, -0.05) is 65.7 Å². The molecule has 0 fully saturated rings. The number of halogens is 3. The Bertz CT molecular complexity index is 2720. The molecule has 3 amide bonds. The number of nitrogens with one attached hydrogen (secondary N) is 2. The summed E-state index contributed by atoms with van der Waals surface area (Å²) in [6.45, 7) is 6.08. The molecule has 3 heterocycles. The number of carbonyl (C=O) groups excluding carboxylic acids is 2. The van der Waals surface area contributed by atoms with Crippen molar-refractivity contribution in [2.24, 2.45) is 0 Å². The number of amides is 3. The van der Waals surface area contributed by atoms with Crippen LogP contribution in [0.3, 0.4) is 0 Å². The SMILES string of the molecule is Cc1nccc(Oc2ccc(C[C@H](NC(=O)[C@@H]3Cc4cc5c(cc4CN3C(=O)N[C@H](C)c3ccc(F)cc3)O[C@@H](c3ccc(OCc4ccc(Cl)c(Cl)c4)cc3)CO5)C(=O)O)cc2)c1C. The Balaban J connectivity index is 0.979. The molecule has 4 atom stereocenters. The van der Waals surface area contributed by atoms with Crippen LogP contribution in [-0.2, 0) is 35.6 Å². The number of nitrogens with zero attached hydrogens (tertiary/aromatic N) is 2. The summed E-state index contributed by atoms with van der Waals surface area (Å²) in [6.07, 6.45) is 1.26. The number of aliphatic carboxylic acids is 1. The van der Waals surface area contributed by atoms with Crippen molar-refractivity contribution in [2.45, 2.75) is 71.0 Å². The monoisotopic (exact) mass is 918 g/mol. The molecule has 0 aliphatic carbocycles. The van der Waals surface area contributed by atoms with Crippen LogP contribution in [0.1, 0.15) is 63.7 Å². The van der Waals surface area contributed by atoms with Gasteiger partial charge < -0.3 is 39.6 Å². The molecule has 0 bridgehead atoms. The number of urea groups is 1. The third-order valence-electron chi connectivity index (χ3n) is 11.6. The molecule has 1 aromatic heterocycles. The maximum absolute atomic E-state index is 14.3. The summed E-state index contributed by atoms with van der Waals surface area (Å²) in [7, 11) is 0. The fourth-order valence-corrected chi connectivity index (χ4v) is 8.01. The van der Waals surface area contributed by atoms with Crippen LogP contribution in [0, 0.1) is 19.7 Å². The first-order chi connectivity index (χ1) is 31.3. The van der Waals surface area contributed by atoms with Gasteiger partial charge in [0.2, 0.25) is 5.91 Å². The highest BCUT2D eigenvalue weighted by Gasteiger charge is 2.38. The number of aryl methyl sites for hydroxylation is 1. The van der Waals surface area contributed by atoms with Crippen molar-refractivity contribution in [2.75, 3.05) is 6.61 Å². The van der Waals surface area contributed by atoms with Gasteiger partial charge >= 0.3 is 12.0 Å². The Morgan fingerprint density at radius 3 is 2.29 bits per heavy atom. The number of pyridine rings is 1. The van der Waals surface area contributed by atoms with Crippen LogP contribution < -0.4 is 29.6 Å². The average molecular weight is 920 g/mol. The lowest BCUT2D eigenvalue weighted by molar-refractivity contribution is -0.142. The number of carboxylic acids is 1. The van der Waals surface area contributed by atoms with Gasteiger partial charge in [-0.05, 0) is 121 Å². The predicted octanol–water partition coefficient (Wildman–Crippen LogP) is 10.0. The summed E-state index contributed by atoms with van der Waals surface area (Å²) in [4.78, 5) is 46.7. The zero-order chi connectivity index (χ0) is 45.8. The van der Waals surface area contributed by atoms with Crippen LogP contribution in [0.15, 0.2) is 115 Å². The molecule has 15 heteroatoms. The first-order valence-corrected chi connectivity index (χ1v) is 21.7. The van der Waals surface area contributed by atoms with E-state index in [1.807, 2.05) is 56.3 Å². The van der Waals surface area contributed by atoms with Crippen molar-refractivity contribution in [3.05, 3.63) is 176 Å². The van der Waals surface area contributed by atoms with Gasteiger partial charge in [-0.15, -0.1) is 0 Å². The summed E-state index contributed by atoms with van der Waals surface area (Å²) in [5.41, 5.74) is 6.25. The lowest BCUT2D eigenvalue weighted by atomic mass is 9.92. The van der Waals surface area contributed by atoms with Crippen molar-refractivity contribution < 1.29 is 42.8 Å². The molecule has 0 radical (unpaired) electrons. The van der Waals surface area contributed by atoms with Crippen LogP contribution in [0.2, 0.25) is 10.0 Å². The molecule has 0 saturated carbocycles. The molecule has 0 spiro atoms. The number of aromatic nitrogens is 1. The van der Waals surface area contributed by atoms with Crippen molar-refractivity contribution in [3.63, 3.8) is 0 Å². The normalized spacial score (nSPS) is 16.1. The van der Waals surface area contributed by atoms with Gasteiger partial charge in [0.1, 0.15) is 48.4 Å². The highest BCUT2D eigenvalue weighted by molar-refractivity contribution is 6.42. The number of hydrogen-bond donors (Lipinski definition) is 3. The molecular formula is C50H45Cl2FN4O8. The Morgan fingerprint density at radius 1 is 0.862 bits per heavy atom. The van der Waals surface area contributed by atoms with Gasteiger partial charge in [0, 0.05) is 36.8 Å². The molecule has 334 valence electrons. The fraction of sp³-hybridized carbons (Fsp3) is 0.240. The third-order valence-corrected chi connectivity index (χ3v) is 12.3. The molecule has 3 N–H and O–H groups in total. The molecule has 8 rings (SSSR count). The van der Waals surface area contributed by atoms with E-state index in [-0.39, 0.29) is 26.0 Å². The fourth-order valence-electron chi connectivity index (χ4n) is 7.69. The minimum absolute atomic E-state index is 0.00274. The van der Waals surface area contributed by atoms with E-state index in [0.717, 1.165) is 33.5 Å². The van der Waals surface area contributed by atoms with E-state index in [4.69, 9.17) is 42.1 Å². The lowest BCUT2D eigenvalue weighted by Crippen LogP contribution is -2.57. The van der Waals surface area contributed by atoms with Crippen LogP contribution in [0.4, 0.5) is 9.18 Å². The molecule has 12 nitrogen and oxygen atoms in total. The smallest absolute Gasteiger partial charge is 0.326 e. The largest absolute Gasteiger partial charge is 0.489 e. The van der Waals surface area contributed by atoms with E-state index in [0.29, 0.717) is 56.5 Å². The van der Waals surface area contributed by atoms with Crippen molar-refractivity contribution in [3.8, 4) is 28.7 Å². The van der Waals surface area contributed by atoms with Gasteiger partial charge in [0.25, 0.3) is 0 Å². The second-order valence-electron chi connectivity index (χ2n) is 16.0. The summed E-state index contributed by atoms with van der Waals surface area (Å²) < 4.78 is 38.4. The molecule has 6 aromatic rings. The van der Waals surface area contributed by atoms with Gasteiger partial charge in [0.05, 0.1) is 16.1 Å². The second kappa shape index (κ2) is 19.5. The maximum Gasteiger partial charge on any atom is 0.326 e. The first kappa shape index (κ1) is 44.8. The topological polar surface area (TPSA) is 149 Å². The van der Waals surface area contributed by atoms with Crippen LogP contribution in [0.25, 0.3) is 0 Å². The second-order valence-corrected chi connectivity index (χ2v) is 16.8. The minimum atomic E-state index is -1.32. The number of carbonyl (C=O) groups is 3. The van der Waals surface area contributed by atoms with Crippen molar-refractivity contribution in [1.82, 2.24) is 20.5 Å². The van der Waals surface area contributed by atoms with Crippen molar-refractivity contribution >= 4 is 41.1 Å². The number of fused-ring (bicyclic) bond motifs is 2. The van der Waals surface area contributed by atoms with Gasteiger partial charge in [-0.3, -0.25) is 9.78 Å². The number of benzene rings is 5. The first-order valence-electron chi connectivity index (χ1n) is 20.9. The maximum atomic E-state index is 14.3. The zero-order valence-electron chi connectivity index (χ0n) is 35.6. The van der Waals surface area contributed by atoms with E-state index >= 15 is 0 Å². The summed E-state index contributed by atoms with van der Waals surface area (Å²) >= 11 is 12.2. The van der Waals surface area contributed by atoms with E-state index < -0.39 is 48.0 Å². The molecule has 2 aliphatic heterocycles. The zero-order valence-corrected chi connectivity index (χ0v) is 37.2. The summed E-state index contributed by atoms with van der Waals surface area (Å²) in [5, 5.41) is 16.9. The summed E-state index contributed by atoms with van der Waals surface area (Å²) in [6, 6.07) is 27.4. The van der Waals surface area contributed by atoms with Gasteiger partial charge in [-0.25, -0.2) is 14.0 Å². The quantitative estimate of drug-likeness (QED) is 0.103. The van der Waals surface area contributed by atoms with Gasteiger partial charge in [-0.2, -0.15) is 0 Å². The number of rotatable bonds is 13. The Kier molecular flexibility index (Phi) is 13.4.